The van der Waals surface area contributed by atoms with E-state index < -0.39 is 0 Å². The number of para-hydroxylation sites is 1. The van der Waals surface area contributed by atoms with Crippen molar-refractivity contribution in [1.82, 2.24) is 5.32 Å². The predicted molar refractivity (Wildman–Crippen MR) is 95.6 cm³/mol. The fraction of sp³-hybridized carbons (Fsp3) is 0.650. The Morgan fingerprint density at radius 1 is 0.913 bits per heavy atom. The van der Waals surface area contributed by atoms with Crippen LogP contribution < -0.4 is 10.2 Å². The van der Waals surface area contributed by atoms with E-state index in [9.17, 15) is 4.79 Å². The fourth-order valence-corrected chi connectivity index (χ4v) is 4.01. The van der Waals surface area contributed by atoms with Crippen LogP contribution in [0.15, 0.2) is 30.3 Å². The van der Waals surface area contributed by atoms with Gasteiger partial charge in [-0.25, -0.2) is 0 Å². The molecule has 0 spiro atoms. The van der Waals surface area contributed by atoms with Crippen molar-refractivity contribution in [1.29, 1.82) is 0 Å². The van der Waals surface area contributed by atoms with Crippen LogP contribution in [0.3, 0.4) is 0 Å². The van der Waals surface area contributed by atoms with E-state index in [-0.39, 0.29) is 5.92 Å². The molecule has 1 amide bonds. The molecular formula is C20H30N2O. The van der Waals surface area contributed by atoms with Crippen molar-refractivity contribution in [2.45, 2.75) is 63.8 Å². The maximum atomic E-state index is 12.6. The second kappa shape index (κ2) is 8.37. The highest BCUT2D eigenvalue weighted by Gasteiger charge is 2.25. The number of piperidine rings is 1. The van der Waals surface area contributed by atoms with Crippen LogP contribution in [0.5, 0.6) is 0 Å². The molecule has 1 aliphatic heterocycles. The molecule has 3 rings (SSSR count). The normalized spacial score (nSPS) is 23.8. The van der Waals surface area contributed by atoms with Gasteiger partial charge in [-0.15, -0.1) is 0 Å². The van der Waals surface area contributed by atoms with Gasteiger partial charge in [-0.3, -0.25) is 4.79 Å². The molecule has 3 nitrogen and oxygen atoms in total. The summed E-state index contributed by atoms with van der Waals surface area (Å²) in [6.07, 6.45) is 10.8. The topological polar surface area (TPSA) is 32.3 Å². The van der Waals surface area contributed by atoms with Crippen molar-refractivity contribution in [2.24, 2.45) is 5.92 Å². The third-order valence-electron chi connectivity index (χ3n) is 5.37. The largest absolute Gasteiger partial charge is 0.369 e. The van der Waals surface area contributed by atoms with E-state index in [1.54, 1.807) is 0 Å². The quantitative estimate of drug-likeness (QED) is 0.909. The average molecular weight is 314 g/mol. The summed E-state index contributed by atoms with van der Waals surface area (Å²) in [7, 11) is 0. The zero-order valence-corrected chi connectivity index (χ0v) is 14.2. The monoisotopic (exact) mass is 314 g/mol. The molecule has 1 saturated carbocycles. The molecule has 0 radical (unpaired) electrons. The lowest BCUT2D eigenvalue weighted by Crippen LogP contribution is -2.49. The maximum absolute atomic E-state index is 12.6. The number of hydrogen-bond acceptors (Lipinski definition) is 2. The number of carbonyl (C=O) groups excluding carboxylic acids is 1. The van der Waals surface area contributed by atoms with E-state index in [0.717, 1.165) is 38.8 Å². The summed E-state index contributed by atoms with van der Waals surface area (Å²) in [4.78, 5) is 15.1. The summed E-state index contributed by atoms with van der Waals surface area (Å²) < 4.78 is 0. The van der Waals surface area contributed by atoms with Gasteiger partial charge in [0.2, 0.25) is 5.91 Å². The van der Waals surface area contributed by atoms with Gasteiger partial charge >= 0.3 is 0 Å². The summed E-state index contributed by atoms with van der Waals surface area (Å²) >= 11 is 0. The van der Waals surface area contributed by atoms with Crippen molar-refractivity contribution in [3.8, 4) is 0 Å². The maximum Gasteiger partial charge on any atom is 0.223 e. The Kier molecular flexibility index (Phi) is 5.95. The van der Waals surface area contributed by atoms with E-state index in [0.29, 0.717) is 11.9 Å². The van der Waals surface area contributed by atoms with E-state index in [1.807, 2.05) is 0 Å². The van der Waals surface area contributed by atoms with Gasteiger partial charge in [0.15, 0.2) is 0 Å². The molecule has 0 aromatic heterocycles. The van der Waals surface area contributed by atoms with Crippen molar-refractivity contribution >= 4 is 11.6 Å². The van der Waals surface area contributed by atoms with Crippen LogP contribution in [0.2, 0.25) is 0 Å². The summed E-state index contributed by atoms with van der Waals surface area (Å²) in [6.45, 7) is 2.04. The molecule has 2 aliphatic rings. The molecule has 1 aliphatic carbocycles. The first-order chi connectivity index (χ1) is 11.3. The zero-order valence-electron chi connectivity index (χ0n) is 14.2. The molecule has 1 saturated heterocycles. The number of amides is 1. The summed E-state index contributed by atoms with van der Waals surface area (Å²) in [5.74, 6) is 0.564. The highest BCUT2D eigenvalue weighted by molar-refractivity contribution is 5.79. The van der Waals surface area contributed by atoms with Crippen LogP contribution in [0.25, 0.3) is 0 Å². The Balaban J connectivity index is 1.53. The van der Waals surface area contributed by atoms with Gasteiger partial charge in [0.1, 0.15) is 0 Å². The third-order valence-corrected chi connectivity index (χ3v) is 5.37. The van der Waals surface area contributed by atoms with Gasteiger partial charge in [-0.05, 0) is 37.8 Å². The number of nitrogens with one attached hydrogen (secondary N) is 1. The van der Waals surface area contributed by atoms with Crippen molar-refractivity contribution < 1.29 is 4.79 Å². The van der Waals surface area contributed by atoms with Crippen molar-refractivity contribution in [2.75, 3.05) is 18.0 Å². The Labute approximate surface area is 140 Å². The molecule has 1 aromatic carbocycles. The lowest BCUT2D eigenvalue weighted by Gasteiger charge is -2.35. The Hall–Kier alpha value is -1.51. The number of hydrogen-bond donors (Lipinski definition) is 1. The third kappa shape index (κ3) is 4.73. The fourth-order valence-electron chi connectivity index (χ4n) is 4.01. The van der Waals surface area contributed by atoms with Crippen LogP contribution in [-0.4, -0.2) is 25.0 Å². The molecule has 126 valence electrons. The average Bonchev–Trinajstić information content (AvgIpc) is 2.55. The highest BCUT2D eigenvalue weighted by Crippen LogP contribution is 2.24. The number of carbonyl (C=O) groups is 1. The number of benzene rings is 1. The first-order valence-corrected chi connectivity index (χ1v) is 9.43. The van der Waals surface area contributed by atoms with Crippen LogP contribution in [-0.2, 0) is 4.79 Å². The molecule has 1 atom stereocenters. The summed E-state index contributed by atoms with van der Waals surface area (Å²) in [5.41, 5.74) is 1.28. The Bertz CT molecular complexity index is 480. The first-order valence-electron chi connectivity index (χ1n) is 9.43. The number of nitrogens with zero attached hydrogens (tertiary/aromatic N) is 1. The zero-order chi connectivity index (χ0) is 15.9. The van der Waals surface area contributed by atoms with Crippen LogP contribution in [0.1, 0.15) is 57.8 Å². The number of rotatable bonds is 3. The molecule has 1 N–H and O–H groups in total. The minimum atomic E-state index is 0.252. The summed E-state index contributed by atoms with van der Waals surface area (Å²) in [6, 6.07) is 10.9. The molecule has 0 unspecified atom stereocenters. The highest BCUT2D eigenvalue weighted by atomic mass is 16.1. The minimum Gasteiger partial charge on any atom is -0.369 e. The Morgan fingerprint density at radius 2 is 1.61 bits per heavy atom. The molecule has 1 heterocycles. The van der Waals surface area contributed by atoms with Gasteiger partial charge < -0.3 is 10.2 Å². The molecule has 1 aromatic rings. The van der Waals surface area contributed by atoms with Crippen LogP contribution in [0, 0.1) is 5.92 Å². The smallest absolute Gasteiger partial charge is 0.223 e. The van der Waals surface area contributed by atoms with Crippen LogP contribution >= 0.6 is 0 Å². The molecule has 3 heteroatoms. The van der Waals surface area contributed by atoms with Crippen molar-refractivity contribution in [3.05, 3.63) is 30.3 Å². The molecule has 2 fully saturated rings. The van der Waals surface area contributed by atoms with Crippen LogP contribution in [0.4, 0.5) is 5.69 Å². The van der Waals surface area contributed by atoms with Gasteiger partial charge in [-0.2, -0.15) is 0 Å². The standard InChI is InChI=1S/C20H30N2O/c23-20(17-10-5-2-1-3-6-11-17)21-18-12-9-15-22(16-18)19-13-7-4-8-14-19/h4,7-8,13-14,17-18H,1-3,5-6,9-12,15-16H2,(H,21,23)/t18-/m0/s1. The van der Waals surface area contributed by atoms with Gasteiger partial charge in [0.05, 0.1) is 0 Å². The SMILES string of the molecule is O=C(N[C@H]1CCCN(c2ccccc2)C1)C1CCCCCCC1. The van der Waals surface area contributed by atoms with E-state index >= 15 is 0 Å². The van der Waals surface area contributed by atoms with Gasteiger partial charge in [0, 0.05) is 30.7 Å². The molecular weight excluding hydrogens is 284 g/mol. The summed E-state index contributed by atoms with van der Waals surface area (Å²) in [5, 5.41) is 3.36. The number of anilines is 1. The first kappa shape index (κ1) is 16.4. The van der Waals surface area contributed by atoms with Crippen molar-refractivity contribution in [3.63, 3.8) is 0 Å². The van der Waals surface area contributed by atoms with E-state index in [1.165, 1.54) is 37.8 Å². The second-order valence-electron chi connectivity index (χ2n) is 7.17. The second-order valence-corrected chi connectivity index (χ2v) is 7.17. The van der Waals surface area contributed by atoms with E-state index in [2.05, 4.69) is 40.5 Å². The van der Waals surface area contributed by atoms with Gasteiger partial charge in [-0.1, -0.05) is 50.3 Å². The van der Waals surface area contributed by atoms with E-state index in [4.69, 9.17) is 0 Å². The molecule has 23 heavy (non-hydrogen) atoms. The Morgan fingerprint density at radius 3 is 2.35 bits per heavy atom. The lowest BCUT2D eigenvalue weighted by atomic mass is 9.90. The minimum absolute atomic E-state index is 0.252. The lowest BCUT2D eigenvalue weighted by molar-refractivity contribution is -0.126. The van der Waals surface area contributed by atoms with Gasteiger partial charge in [0.25, 0.3) is 0 Å². The predicted octanol–water partition coefficient (Wildman–Crippen LogP) is 4.13. The molecule has 0 bridgehead atoms.